The minimum Gasteiger partial charge on any atom is -0.383 e. The zero-order valence-electron chi connectivity index (χ0n) is 13.6. The van der Waals surface area contributed by atoms with Crippen molar-refractivity contribution in [3.8, 4) is 0 Å². The number of carbonyl (C=O) groups is 1. The van der Waals surface area contributed by atoms with Crippen LogP contribution in [-0.4, -0.2) is 15.9 Å². The summed E-state index contributed by atoms with van der Waals surface area (Å²) in [6, 6.07) is 16.2. The number of rotatable bonds is 5. The molecule has 26 heavy (non-hydrogen) atoms. The van der Waals surface area contributed by atoms with Gasteiger partial charge in [0.05, 0.1) is 0 Å². The summed E-state index contributed by atoms with van der Waals surface area (Å²) in [7, 11) is 0. The Balaban J connectivity index is 1.87. The van der Waals surface area contributed by atoms with Gasteiger partial charge in [0.2, 0.25) is 5.91 Å². The van der Waals surface area contributed by atoms with Crippen LogP contribution < -0.4 is 16.8 Å². The van der Waals surface area contributed by atoms with Crippen molar-refractivity contribution >= 4 is 35.0 Å². The van der Waals surface area contributed by atoms with Crippen LogP contribution in [0.25, 0.3) is 0 Å². The van der Waals surface area contributed by atoms with Gasteiger partial charge in [0.25, 0.3) is 0 Å². The van der Waals surface area contributed by atoms with Crippen LogP contribution in [0, 0.1) is 5.82 Å². The van der Waals surface area contributed by atoms with E-state index >= 15 is 0 Å². The zero-order valence-corrected chi connectivity index (χ0v) is 14.4. The predicted octanol–water partition coefficient (Wildman–Crippen LogP) is 3.25. The van der Waals surface area contributed by atoms with Crippen LogP contribution in [-0.2, 0) is 4.79 Å². The van der Waals surface area contributed by atoms with Crippen molar-refractivity contribution in [2.24, 2.45) is 0 Å². The molecule has 1 aromatic heterocycles. The van der Waals surface area contributed by atoms with Gasteiger partial charge in [-0.3, -0.25) is 4.79 Å². The number of hydrogen-bond acceptors (Lipinski definition) is 6. The highest BCUT2D eigenvalue weighted by Crippen LogP contribution is 2.35. The molecule has 0 aliphatic rings. The maximum Gasteiger partial charge on any atom is 0.242 e. The molecule has 0 radical (unpaired) electrons. The molecule has 0 aliphatic heterocycles. The summed E-state index contributed by atoms with van der Waals surface area (Å²) in [6.07, 6.45) is 0. The van der Waals surface area contributed by atoms with Crippen LogP contribution in [0.2, 0.25) is 0 Å². The fourth-order valence-corrected chi connectivity index (χ4v) is 3.25. The van der Waals surface area contributed by atoms with Crippen LogP contribution in [0.1, 0.15) is 10.8 Å². The van der Waals surface area contributed by atoms with E-state index in [-0.39, 0.29) is 23.4 Å². The molecule has 0 saturated heterocycles. The Morgan fingerprint density at radius 3 is 2.23 bits per heavy atom. The van der Waals surface area contributed by atoms with Gasteiger partial charge in [-0.2, -0.15) is 0 Å². The number of nitrogens with two attached hydrogens (primary N) is 2. The maximum atomic E-state index is 13.1. The number of benzene rings is 2. The number of aromatic nitrogens is 2. The van der Waals surface area contributed by atoms with Crippen LogP contribution in [0.5, 0.6) is 0 Å². The van der Waals surface area contributed by atoms with Gasteiger partial charge in [-0.05, 0) is 29.8 Å². The highest BCUT2D eigenvalue weighted by atomic mass is 32.2. The Labute approximate surface area is 153 Å². The third-order valence-electron chi connectivity index (χ3n) is 3.42. The smallest absolute Gasteiger partial charge is 0.242 e. The molecule has 1 atom stereocenters. The average molecular weight is 369 g/mol. The number of nitrogen functional groups attached to an aromatic ring is 2. The Morgan fingerprint density at radius 1 is 1.00 bits per heavy atom. The SMILES string of the molecule is Nc1cc(N)nc(S[C@@H](C(=O)Nc2ccc(F)cc2)c2ccccc2)n1. The Morgan fingerprint density at radius 2 is 1.62 bits per heavy atom. The van der Waals surface area contributed by atoms with Crippen molar-refractivity contribution in [3.05, 3.63) is 72.0 Å². The van der Waals surface area contributed by atoms with Gasteiger partial charge >= 0.3 is 0 Å². The summed E-state index contributed by atoms with van der Waals surface area (Å²) in [5, 5.41) is 2.43. The van der Waals surface area contributed by atoms with Crippen molar-refractivity contribution in [2.45, 2.75) is 10.4 Å². The second kappa shape index (κ2) is 7.83. The first-order valence-corrected chi connectivity index (χ1v) is 8.57. The van der Waals surface area contributed by atoms with E-state index in [9.17, 15) is 9.18 Å². The molecule has 0 spiro atoms. The molecular weight excluding hydrogens is 353 g/mol. The van der Waals surface area contributed by atoms with Crippen molar-refractivity contribution in [2.75, 3.05) is 16.8 Å². The zero-order chi connectivity index (χ0) is 18.5. The molecule has 132 valence electrons. The van der Waals surface area contributed by atoms with Crippen molar-refractivity contribution in [1.29, 1.82) is 0 Å². The van der Waals surface area contributed by atoms with E-state index in [4.69, 9.17) is 11.5 Å². The van der Waals surface area contributed by atoms with Gasteiger partial charge in [0.1, 0.15) is 22.7 Å². The molecule has 6 nitrogen and oxygen atoms in total. The second-order valence-corrected chi connectivity index (χ2v) is 6.48. The van der Waals surface area contributed by atoms with E-state index in [1.54, 1.807) is 0 Å². The van der Waals surface area contributed by atoms with Gasteiger partial charge in [0, 0.05) is 11.8 Å². The highest BCUT2D eigenvalue weighted by Gasteiger charge is 2.24. The topological polar surface area (TPSA) is 107 Å². The quantitative estimate of drug-likeness (QED) is 0.471. The predicted molar refractivity (Wildman–Crippen MR) is 101 cm³/mol. The number of thioether (sulfide) groups is 1. The van der Waals surface area contributed by atoms with E-state index in [1.807, 2.05) is 30.3 Å². The van der Waals surface area contributed by atoms with Crippen molar-refractivity contribution in [1.82, 2.24) is 9.97 Å². The Kier molecular flexibility index (Phi) is 5.33. The van der Waals surface area contributed by atoms with Crippen LogP contribution >= 0.6 is 11.8 Å². The number of halogens is 1. The first-order chi connectivity index (χ1) is 12.5. The summed E-state index contributed by atoms with van der Waals surface area (Å²) in [5.74, 6) is -0.213. The summed E-state index contributed by atoms with van der Waals surface area (Å²) >= 11 is 1.13. The van der Waals surface area contributed by atoms with Gasteiger partial charge in [-0.25, -0.2) is 14.4 Å². The Hall–Kier alpha value is -3.13. The molecule has 8 heteroatoms. The molecular formula is C18H16FN5OS. The fraction of sp³-hybridized carbons (Fsp3) is 0.0556. The van der Waals surface area contributed by atoms with E-state index in [2.05, 4.69) is 15.3 Å². The van der Waals surface area contributed by atoms with E-state index in [0.717, 1.165) is 17.3 Å². The fourth-order valence-electron chi connectivity index (χ4n) is 2.26. The molecule has 3 aromatic rings. The molecule has 0 aliphatic carbocycles. The van der Waals surface area contributed by atoms with Crippen LogP contribution in [0.3, 0.4) is 0 Å². The number of carbonyl (C=O) groups excluding carboxylic acids is 1. The van der Waals surface area contributed by atoms with Gasteiger partial charge in [-0.15, -0.1) is 0 Å². The molecule has 3 rings (SSSR count). The van der Waals surface area contributed by atoms with Crippen molar-refractivity contribution < 1.29 is 9.18 Å². The van der Waals surface area contributed by atoms with Gasteiger partial charge in [-0.1, -0.05) is 42.1 Å². The standard InChI is InChI=1S/C18H16FN5OS/c19-12-6-8-13(9-7-12)22-17(25)16(11-4-2-1-3-5-11)26-18-23-14(20)10-15(21)24-18/h1-10,16H,(H,22,25)(H4,20,21,23,24)/t16-/m1/s1. The molecule has 1 amide bonds. The summed E-state index contributed by atoms with van der Waals surface area (Å²) < 4.78 is 13.1. The molecule has 0 unspecified atom stereocenters. The van der Waals surface area contributed by atoms with E-state index < -0.39 is 5.25 Å². The normalized spacial score (nSPS) is 11.7. The summed E-state index contributed by atoms with van der Waals surface area (Å²) in [6.45, 7) is 0. The van der Waals surface area contributed by atoms with Gasteiger partial charge < -0.3 is 16.8 Å². The van der Waals surface area contributed by atoms with E-state index in [0.29, 0.717) is 10.8 Å². The largest absolute Gasteiger partial charge is 0.383 e. The van der Waals surface area contributed by atoms with Gasteiger partial charge in [0.15, 0.2) is 5.16 Å². The minimum atomic E-state index is -0.637. The first kappa shape index (κ1) is 17.7. The molecule has 0 saturated carbocycles. The molecule has 5 N–H and O–H groups in total. The third kappa shape index (κ3) is 4.48. The molecule has 1 heterocycles. The molecule has 0 fully saturated rings. The number of anilines is 3. The number of hydrogen-bond donors (Lipinski definition) is 3. The average Bonchev–Trinajstić information content (AvgIpc) is 2.61. The number of nitrogens with one attached hydrogen (secondary N) is 1. The Bertz CT molecular complexity index is 885. The highest BCUT2D eigenvalue weighted by molar-refractivity contribution is 8.00. The van der Waals surface area contributed by atoms with Crippen LogP contribution in [0.15, 0.2) is 65.8 Å². The summed E-state index contributed by atoms with van der Waals surface area (Å²) in [4.78, 5) is 21.1. The lowest BCUT2D eigenvalue weighted by atomic mass is 10.1. The lowest BCUT2D eigenvalue weighted by Crippen LogP contribution is -2.19. The van der Waals surface area contributed by atoms with E-state index in [1.165, 1.54) is 30.3 Å². The monoisotopic (exact) mass is 369 g/mol. The molecule has 2 aromatic carbocycles. The lowest BCUT2D eigenvalue weighted by molar-refractivity contribution is -0.115. The minimum absolute atomic E-state index is 0.228. The first-order valence-electron chi connectivity index (χ1n) is 7.69. The third-order valence-corrected chi connectivity index (χ3v) is 4.54. The lowest BCUT2D eigenvalue weighted by Gasteiger charge is -2.16. The second-order valence-electron chi connectivity index (χ2n) is 5.40. The molecule has 0 bridgehead atoms. The van der Waals surface area contributed by atoms with Crippen LogP contribution in [0.4, 0.5) is 21.7 Å². The number of amides is 1. The number of nitrogens with zero attached hydrogens (tertiary/aromatic N) is 2. The van der Waals surface area contributed by atoms with Crippen molar-refractivity contribution in [3.63, 3.8) is 0 Å². The maximum absolute atomic E-state index is 13.1. The summed E-state index contributed by atoms with van der Waals surface area (Å²) in [5.41, 5.74) is 12.7.